The van der Waals surface area contributed by atoms with E-state index in [0.29, 0.717) is 31.9 Å². The van der Waals surface area contributed by atoms with Gasteiger partial charge in [0.2, 0.25) is 0 Å². The summed E-state index contributed by atoms with van der Waals surface area (Å²) < 4.78 is 44.3. The lowest BCUT2D eigenvalue weighted by Gasteiger charge is -2.14. The third-order valence-electron chi connectivity index (χ3n) is 3.33. The number of benzene rings is 1. The largest absolute Gasteiger partial charge is 0.453 e. The summed E-state index contributed by atoms with van der Waals surface area (Å²) in [5, 5.41) is 4.43. The molecule has 1 rings (SSSR count). The van der Waals surface area contributed by atoms with Crippen molar-refractivity contribution in [2.24, 2.45) is 5.73 Å². The lowest BCUT2D eigenvalue weighted by atomic mass is 10.2. The van der Waals surface area contributed by atoms with E-state index >= 15 is 0 Å². The molecule has 7 nitrogen and oxygen atoms in total. The van der Waals surface area contributed by atoms with E-state index in [1.165, 1.54) is 6.92 Å². The van der Waals surface area contributed by atoms with Crippen LogP contribution < -0.4 is 16.4 Å². The molecule has 144 valence electrons. The Morgan fingerprint density at radius 1 is 1.12 bits per heavy atom. The van der Waals surface area contributed by atoms with Gasteiger partial charge in [-0.1, -0.05) is 6.42 Å². The van der Waals surface area contributed by atoms with Crippen LogP contribution in [0, 0.1) is 17.5 Å². The van der Waals surface area contributed by atoms with Gasteiger partial charge in [0.05, 0.1) is 5.69 Å². The number of unbranched alkanes of at least 4 members (excludes halogenated alkanes) is 2. The number of urea groups is 1. The fraction of sp³-hybridized carbons (Fsp3) is 0.438. The van der Waals surface area contributed by atoms with Crippen LogP contribution in [0.1, 0.15) is 32.6 Å². The molecule has 0 unspecified atom stereocenters. The van der Waals surface area contributed by atoms with Gasteiger partial charge in [0.15, 0.2) is 23.6 Å². The number of amides is 3. The number of ether oxygens (including phenoxy) is 1. The van der Waals surface area contributed by atoms with Crippen LogP contribution in [0.4, 0.5) is 23.7 Å². The Labute approximate surface area is 148 Å². The molecule has 0 heterocycles. The van der Waals surface area contributed by atoms with Crippen molar-refractivity contribution in [3.8, 4) is 0 Å². The van der Waals surface area contributed by atoms with E-state index in [0.717, 1.165) is 6.07 Å². The van der Waals surface area contributed by atoms with Crippen LogP contribution in [-0.2, 0) is 14.3 Å². The monoisotopic (exact) mass is 375 g/mol. The second-order valence-corrected chi connectivity index (χ2v) is 5.45. The van der Waals surface area contributed by atoms with Gasteiger partial charge >= 0.3 is 12.0 Å². The zero-order valence-electron chi connectivity index (χ0n) is 14.1. The fourth-order valence-electron chi connectivity index (χ4n) is 1.95. The fourth-order valence-corrected chi connectivity index (χ4v) is 1.95. The number of carbonyl (C=O) groups is 3. The number of hydrogen-bond donors (Lipinski definition) is 3. The molecule has 0 saturated heterocycles. The smallest absolute Gasteiger partial charge is 0.312 e. The highest BCUT2D eigenvalue weighted by Crippen LogP contribution is 2.20. The second kappa shape index (κ2) is 10.3. The first-order valence-corrected chi connectivity index (χ1v) is 7.89. The van der Waals surface area contributed by atoms with Crippen LogP contribution >= 0.6 is 0 Å². The Hall–Kier alpha value is -2.78. The average Bonchev–Trinajstić information content (AvgIpc) is 2.58. The Bertz CT molecular complexity index is 670. The minimum absolute atomic E-state index is 0.0493. The van der Waals surface area contributed by atoms with Gasteiger partial charge in [-0.05, 0) is 31.9 Å². The molecule has 0 fully saturated rings. The standard InChI is InChI=1S/C16H20F3N3O4/c1-9(26-12(23)5-3-2-4-8-21-16(20)25)15(24)22-11-7-6-10(17)13(18)14(11)19/h6-7,9H,2-5,8H2,1H3,(H,22,24)(H3,20,21,25)/t9-/m1/s1. The first-order valence-electron chi connectivity index (χ1n) is 7.89. The molecule has 4 N–H and O–H groups in total. The Morgan fingerprint density at radius 3 is 2.46 bits per heavy atom. The van der Waals surface area contributed by atoms with Crippen LogP contribution in [0.25, 0.3) is 0 Å². The maximum absolute atomic E-state index is 13.5. The maximum Gasteiger partial charge on any atom is 0.312 e. The predicted octanol–water partition coefficient (Wildman–Crippen LogP) is 2.20. The Morgan fingerprint density at radius 2 is 1.81 bits per heavy atom. The second-order valence-electron chi connectivity index (χ2n) is 5.45. The molecule has 1 aromatic rings. The molecule has 0 saturated carbocycles. The molecule has 0 aliphatic carbocycles. The van der Waals surface area contributed by atoms with Gasteiger partial charge in [0, 0.05) is 13.0 Å². The maximum atomic E-state index is 13.5. The lowest BCUT2D eigenvalue weighted by Crippen LogP contribution is -2.30. The highest BCUT2D eigenvalue weighted by atomic mass is 19.2. The van der Waals surface area contributed by atoms with Crippen LogP contribution in [0.3, 0.4) is 0 Å². The number of anilines is 1. The number of carbonyl (C=O) groups excluding carboxylic acids is 3. The van der Waals surface area contributed by atoms with Crippen molar-refractivity contribution in [3.05, 3.63) is 29.6 Å². The number of primary amides is 1. The van der Waals surface area contributed by atoms with Crippen molar-refractivity contribution in [1.29, 1.82) is 0 Å². The van der Waals surface area contributed by atoms with E-state index in [1.54, 1.807) is 0 Å². The normalized spacial score (nSPS) is 11.5. The number of nitrogens with one attached hydrogen (secondary N) is 2. The molecule has 10 heteroatoms. The zero-order chi connectivity index (χ0) is 19.7. The average molecular weight is 375 g/mol. The number of esters is 1. The summed E-state index contributed by atoms with van der Waals surface area (Å²) in [4.78, 5) is 33.9. The number of nitrogens with two attached hydrogens (primary N) is 1. The van der Waals surface area contributed by atoms with Crippen molar-refractivity contribution >= 4 is 23.6 Å². The summed E-state index contributed by atoms with van der Waals surface area (Å²) in [5.74, 6) is -6.15. The molecule has 3 amide bonds. The van der Waals surface area contributed by atoms with Crippen LogP contribution in [0.5, 0.6) is 0 Å². The first-order chi connectivity index (χ1) is 12.2. The van der Waals surface area contributed by atoms with Gasteiger partial charge in [0.1, 0.15) is 0 Å². The van der Waals surface area contributed by atoms with Gasteiger partial charge in [-0.2, -0.15) is 0 Å². The van der Waals surface area contributed by atoms with Gasteiger partial charge in [-0.3, -0.25) is 9.59 Å². The number of halogens is 3. The minimum atomic E-state index is -1.71. The molecule has 1 atom stereocenters. The van der Waals surface area contributed by atoms with E-state index in [9.17, 15) is 27.6 Å². The van der Waals surface area contributed by atoms with Crippen molar-refractivity contribution in [2.45, 2.75) is 38.7 Å². The summed E-state index contributed by atoms with van der Waals surface area (Å²) in [6.07, 6.45) is 0.545. The lowest BCUT2D eigenvalue weighted by molar-refractivity contribution is -0.153. The van der Waals surface area contributed by atoms with E-state index in [1.807, 2.05) is 5.32 Å². The van der Waals surface area contributed by atoms with E-state index < -0.39 is 47.2 Å². The minimum Gasteiger partial charge on any atom is -0.453 e. The van der Waals surface area contributed by atoms with Gasteiger partial charge in [0.25, 0.3) is 5.91 Å². The summed E-state index contributed by atoms with van der Waals surface area (Å²) in [6, 6.07) is 0.902. The summed E-state index contributed by atoms with van der Waals surface area (Å²) >= 11 is 0. The van der Waals surface area contributed by atoms with Crippen molar-refractivity contribution in [2.75, 3.05) is 11.9 Å². The topological polar surface area (TPSA) is 111 Å². The van der Waals surface area contributed by atoms with Crippen molar-refractivity contribution in [3.63, 3.8) is 0 Å². The Balaban J connectivity index is 2.36. The number of hydrogen-bond acceptors (Lipinski definition) is 4. The van der Waals surface area contributed by atoms with Crippen LogP contribution in [0.2, 0.25) is 0 Å². The molecule has 0 radical (unpaired) electrons. The highest BCUT2D eigenvalue weighted by Gasteiger charge is 2.21. The molecule has 26 heavy (non-hydrogen) atoms. The summed E-state index contributed by atoms with van der Waals surface area (Å²) in [6.45, 7) is 1.66. The van der Waals surface area contributed by atoms with Crippen LogP contribution in [-0.4, -0.2) is 30.6 Å². The van der Waals surface area contributed by atoms with Crippen molar-refractivity contribution < 1.29 is 32.3 Å². The quantitative estimate of drug-likeness (QED) is 0.349. The molecule has 0 aromatic heterocycles. The Kier molecular flexibility index (Phi) is 8.40. The van der Waals surface area contributed by atoms with Gasteiger partial charge < -0.3 is 21.1 Å². The van der Waals surface area contributed by atoms with Gasteiger partial charge in [-0.15, -0.1) is 0 Å². The van der Waals surface area contributed by atoms with E-state index in [-0.39, 0.29) is 6.42 Å². The van der Waals surface area contributed by atoms with E-state index in [2.05, 4.69) is 5.32 Å². The SMILES string of the molecule is C[C@@H](OC(=O)CCCCCNC(N)=O)C(=O)Nc1ccc(F)c(F)c1F. The van der Waals surface area contributed by atoms with Crippen LogP contribution in [0.15, 0.2) is 12.1 Å². The third kappa shape index (κ3) is 6.99. The molecule has 0 aliphatic heterocycles. The molecule has 0 spiro atoms. The molecule has 0 bridgehead atoms. The zero-order valence-corrected chi connectivity index (χ0v) is 14.1. The highest BCUT2D eigenvalue weighted by molar-refractivity contribution is 5.95. The summed E-state index contributed by atoms with van der Waals surface area (Å²) in [7, 11) is 0. The third-order valence-corrected chi connectivity index (χ3v) is 3.33. The van der Waals surface area contributed by atoms with Crippen molar-refractivity contribution in [1.82, 2.24) is 5.32 Å². The molecular weight excluding hydrogens is 355 g/mol. The van der Waals surface area contributed by atoms with Gasteiger partial charge in [-0.25, -0.2) is 18.0 Å². The molecule has 1 aromatic carbocycles. The van der Waals surface area contributed by atoms with E-state index in [4.69, 9.17) is 10.5 Å². The summed E-state index contributed by atoms with van der Waals surface area (Å²) in [5.41, 5.74) is 4.34. The molecular formula is C16H20F3N3O4. The predicted molar refractivity (Wildman–Crippen MR) is 86.6 cm³/mol. The molecule has 0 aliphatic rings. The number of rotatable bonds is 9. The first kappa shape index (κ1) is 21.3.